The van der Waals surface area contributed by atoms with Crippen LogP contribution in [0.4, 0.5) is 0 Å². The van der Waals surface area contributed by atoms with E-state index in [0.717, 1.165) is 32.1 Å². The fraction of sp³-hybridized carbons (Fsp3) is 0.818. The molecule has 0 bridgehead atoms. The molecule has 1 aliphatic rings. The Balaban J connectivity index is 2.23. The van der Waals surface area contributed by atoms with Crippen LogP contribution in [0.15, 0.2) is 12.2 Å². The molecule has 0 aliphatic heterocycles. The summed E-state index contributed by atoms with van der Waals surface area (Å²) in [6, 6.07) is 0. The van der Waals surface area contributed by atoms with E-state index in [0.29, 0.717) is 6.42 Å². The van der Waals surface area contributed by atoms with Crippen LogP contribution in [0.25, 0.3) is 0 Å². The van der Waals surface area contributed by atoms with Gasteiger partial charge in [0.1, 0.15) is 5.78 Å². The van der Waals surface area contributed by atoms with Crippen molar-refractivity contribution in [2.75, 3.05) is 0 Å². The van der Waals surface area contributed by atoms with E-state index in [1.807, 2.05) is 0 Å². The van der Waals surface area contributed by atoms with Crippen LogP contribution >= 0.6 is 0 Å². The molecular formula is C22H38O4. The van der Waals surface area contributed by atoms with Crippen molar-refractivity contribution in [1.29, 1.82) is 0 Å². The summed E-state index contributed by atoms with van der Waals surface area (Å²) in [7, 11) is 0. The molecule has 0 radical (unpaired) electrons. The van der Waals surface area contributed by atoms with Crippen molar-refractivity contribution in [3.05, 3.63) is 12.2 Å². The van der Waals surface area contributed by atoms with Crippen molar-refractivity contribution >= 4 is 11.8 Å². The van der Waals surface area contributed by atoms with E-state index >= 15 is 0 Å². The zero-order valence-electron chi connectivity index (χ0n) is 16.5. The number of allylic oxidation sites excluding steroid dienone is 2. The van der Waals surface area contributed by atoms with Gasteiger partial charge < -0.3 is 10.2 Å². The number of rotatable bonds is 15. The second kappa shape index (κ2) is 14.0. The Bertz CT molecular complexity index is 430. The summed E-state index contributed by atoms with van der Waals surface area (Å²) in [6.07, 6.45) is 17.1. The van der Waals surface area contributed by atoms with Crippen LogP contribution in [0, 0.1) is 11.8 Å². The Morgan fingerprint density at radius 2 is 1.73 bits per heavy atom. The highest BCUT2D eigenvalue weighted by atomic mass is 16.4. The lowest BCUT2D eigenvalue weighted by atomic mass is 9.86. The molecule has 0 heterocycles. The Morgan fingerprint density at radius 3 is 2.46 bits per heavy atom. The third-order valence-corrected chi connectivity index (χ3v) is 5.54. The highest BCUT2D eigenvalue weighted by Crippen LogP contribution is 2.35. The van der Waals surface area contributed by atoms with Gasteiger partial charge in [0.25, 0.3) is 0 Å². The Hall–Kier alpha value is -1.16. The predicted octanol–water partition coefficient (Wildman–Crippen LogP) is 5.28. The first-order valence-electron chi connectivity index (χ1n) is 10.6. The third kappa shape index (κ3) is 9.51. The molecule has 0 spiro atoms. The zero-order valence-corrected chi connectivity index (χ0v) is 16.5. The second-order valence-electron chi connectivity index (χ2n) is 7.76. The predicted molar refractivity (Wildman–Crippen MR) is 105 cm³/mol. The van der Waals surface area contributed by atoms with Crippen molar-refractivity contribution in [3.63, 3.8) is 0 Å². The van der Waals surface area contributed by atoms with Gasteiger partial charge in [-0.2, -0.15) is 0 Å². The first kappa shape index (κ1) is 22.9. The molecule has 0 aromatic rings. The number of aliphatic carboxylic acids is 1. The molecule has 150 valence electrons. The van der Waals surface area contributed by atoms with Gasteiger partial charge in [-0.25, -0.2) is 0 Å². The SMILES string of the molecule is CCCCCCCCC=CCC1C(O)CC(=O)C1CCCCCC(=O)O. The van der Waals surface area contributed by atoms with E-state index in [-0.39, 0.29) is 30.5 Å². The van der Waals surface area contributed by atoms with Gasteiger partial charge in [-0.1, -0.05) is 64.0 Å². The first-order valence-corrected chi connectivity index (χ1v) is 10.6. The summed E-state index contributed by atoms with van der Waals surface area (Å²) in [5, 5.41) is 18.9. The molecule has 4 nitrogen and oxygen atoms in total. The van der Waals surface area contributed by atoms with Gasteiger partial charge in [-0.3, -0.25) is 9.59 Å². The zero-order chi connectivity index (χ0) is 19.2. The van der Waals surface area contributed by atoms with E-state index in [9.17, 15) is 14.7 Å². The van der Waals surface area contributed by atoms with Crippen LogP contribution < -0.4 is 0 Å². The van der Waals surface area contributed by atoms with E-state index < -0.39 is 12.1 Å². The molecule has 0 aromatic carbocycles. The number of aliphatic hydroxyl groups excluding tert-OH is 1. The van der Waals surface area contributed by atoms with Crippen molar-refractivity contribution in [2.24, 2.45) is 11.8 Å². The summed E-state index contributed by atoms with van der Waals surface area (Å²) in [4.78, 5) is 22.7. The maximum Gasteiger partial charge on any atom is 0.303 e. The fourth-order valence-corrected chi connectivity index (χ4v) is 3.94. The molecule has 26 heavy (non-hydrogen) atoms. The van der Waals surface area contributed by atoms with Gasteiger partial charge in [0.05, 0.1) is 6.10 Å². The van der Waals surface area contributed by atoms with Gasteiger partial charge in [-0.15, -0.1) is 0 Å². The molecule has 0 amide bonds. The molecule has 1 fully saturated rings. The van der Waals surface area contributed by atoms with Crippen molar-refractivity contribution in [2.45, 2.75) is 103 Å². The normalized spacial score (nSPS) is 23.2. The third-order valence-electron chi connectivity index (χ3n) is 5.54. The van der Waals surface area contributed by atoms with Gasteiger partial charge in [0.2, 0.25) is 0 Å². The smallest absolute Gasteiger partial charge is 0.303 e. The van der Waals surface area contributed by atoms with E-state index in [1.165, 1.54) is 38.5 Å². The Labute approximate surface area is 159 Å². The lowest BCUT2D eigenvalue weighted by molar-refractivity contribution is -0.137. The maximum atomic E-state index is 12.1. The van der Waals surface area contributed by atoms with Gasteiger partial charge >= 0.3 is 5.97 Å². The summed E-state index contributed by atoms with van der Waals surface area (Å²) in [6.45, 7) is 2.23. The van der Waals surface area contributed by atoms with Gasteiger partial charge in [0, 0.05) is 18.8 Å². The largest absolute Gasteiger partial charge is 0.481 e. The van der Waals surface area contributed by atoms with Gasteiger partial charge in [0.15, 0.2) is 0 Å². The molecule has 1 saturated carbocycles. The van der Waals surface area contributed by atoms with Crippen LogP contribution in [0.5, 0.6) is 0 Å². The highest BCUT2D eigenvalue weighted by Gasteiger charge is 2.39. The second-order valence-corrected chi connectivity index (χ2v) is 7.76. The fourth-order valence-electron chi connectivity index (χ4n) is 3.94. The molecule has 0 aromatic heterocycles. The number of hydrogen-bond donors (Lipinski definition) is 2. The van der Waals surface area contributed by atoms with Crippen LogP contribution in [0.1, 0.15) is 96.8 Å². The minimum atomic E-state index is -0.759. The molecule has 3 unspecified atom stereocenters. The van der Waals surface area contributed by atoms with E-state index in [2.05, 4.69) is 19.1 Å². The summed E-state index contributed by atoms with van der Waals surface area (Å²) >= 11 is 0. The molecule has 2 N–H and O–H groups in total. The number of carbonyl (C=O) groups is 2. The average Bonchev–Trinajstić information content (AvgIpc) is 2.86. The number of hydrogen-bond acceptors (Lipinski definition) is 3. The first-order chi connectivity index (χ1) is 12.6. The number of carbonyl (C=O) groups excluding carboxylic acids is 1. The van der Waals surface area contributed by atoms with Crippen LogP contribution in [0.3, 0.4) is 0 Å². The summed E-state index contributed by atoms with van der Waals surface area (Å²) in [5.74, 6) is -0.577. The monoisotopic (exact) mass is 366 g/mol. The topological polar surface area (TPSA) is 74.6 Å². The van der Waals surface area contributed by atoms with Crippen LogP contribution in [-0.4, -0.2) is 28.1 Å². The minimum absolute atomic E-state index is 0.0442. The summed E-state index contributed by atoms with van der Waals surface area (Å²) in [5.41, 5.74) is 0. The van der Waals surface area contributed by atoms with Crippen molar-refractivity contribution in [3.8, 4) is 0 Å². The number of unbranched alkanes of at least 4 members (excludes halogenated alkanes) is 8. The highest BCUT2D eigenvalue weighted by molar-refractivity contribution is 5.84. The number of carboxylic acid groups (broad SMARTS) is 1. The summed E-state index contributed by atoms with van der Waals surface area (Å²) < 4.78 is 0. The Morgan fingerprint density at radius 1 is 1.04 bits per heavy atom. The number of aliphatic hydroxyl groups is 1. The van der Waals surface area contributed by atoms with E-state index in [4.69, 9.17) is 5.11 Å². The maximum absolute atomic E-state index is 12.1. The Kier molecular flexibility index (Phi) is 12.3. The number of ketones is 1. The average molecular weight is 367 g/mol. The lowest BCUT2D eigenvalue weighted by Crippen LogP contribution is -2.20. The molecule has 1 rings (SSSR count). The lowest BCUT2D eigenvalue weighted by Gasteiger charge is -2.19. The van der Waals surface area contributed by atoms with Crippen LogP contribution in [0.2, 0.25) is 0 Å². The molecule has 3 atom stereocenters. The standard InChI is InChI=1S/C22H38O4/c1-2-3-4-5-6-7-8-9-11-14-18-19(21(24)17-20(18)23)15-12-10-13-16-22(25)26/h9,11,18-20,23H,2-8,10,12-17H2,1H3,(H,25,26). The molecule has 4 heteroatoms. The van der Waals surface area contributed by atoms with Crippen molar-refractivity contribution in [1.82, 2.24) is 0 Å². The molecule has 0 saturated heterocycles. The van der Waals surface area contributed by atoms with Gasteiger partial charge in [-0.05, 0) is 38.0 Å². The quantitative estimate of drug-likeness (QED) is 0.305. The number of carboxylic acids is 1. The van der Waals surface area contributed by atoms with Crippen LogP contribution in [-0.2, 0) is 9.59 Å². The van der Waals surface area contributed by atoms with E-state index in [1.54, 1.807) is 0 Å². The molecule has 1 aliphatic carbocycles. The number of Topliss-reactive ketones (excluding diaryl/α,β-unsaturated/α-hetero) is 1. The molecular weight excluding hydrogens is 328 g/mol. The minimum Gasteiger partial charge on any atom is -0.481 e. The van der Waals surface area contributed by atoms with Crippen molar-refractivity contribution < 1.29 is 19.8 Å².